The minimum absolute atomic E-state index is 0.0401. The van der Waals surface area contributed by atoms with E-state index in [0.29, 0.717) is 45.0 Å². The minimum Gasteiger partial charge on any atom is -0.343 e. The molecule has 4 rings (SSSR count). The lowest BCUT2D eigenvalue weighted by atomic mass is 9.80. The fraction of sp³-hybridized carbons (Fsp3) is 0.500. The lowest BCUT2D eigenvalue weighted by molar-refractivity contribution is -0.129. The number of benzene rings is 1. The van der Waals surface area contributed by atoms with E-state index in [4.69, 9.17) is 5.26 Å². The third-order valence-electron chi connectivity index (χ3n) is 7.03. The molecule has 1 aromatic carbocycles. The van der Waals surface area contributed by atoms with E-state index in [0.717, 1.165) is 17.7 Å². The predicted octanol–water partition coefficient (Wildman–Crippen LogP) is 2.14. The van der Waals surface area contributed by atoms with Crippen molar-refractivity contribution in [3.63, 3.8) is 0 Å². The lowest BCUT2D eigenvalue weighted by Crippen LogP contribution is -2.49. The molecule has 1 saturated carbocycles. The Morgan fingerprint density at radius 1 is 1.05 bits per heavy atom. The highest BCUT2D eigenvalue weighted by atomic mass is 32.2. The zero-order valence-corrected chi connectivity index (χ0v) is 22.8. The molecule has 0 unspecified atom stereocenters. The number of anilines is 1. The second-order valence-corrected chi connectivity index (χ2v) is 12.6. The summed E-state index contributed by atoms with van der Waals surface area (Å²) in [4.78, 5) is 38.6. The molecule has 0 radical (unpaired) electrons. The van der Waals surface area contributed by atoms with Crippen molar-refractivity contribution in [1.29, 1.82) is 5.26 Å². The highest BCUT2D eigenvalue weighted by molar-refractivity contribution is 8.00. The molecule has 2 fully saturated rings. The maximum Gasteiger partial charge on any atom is 0.233 e. The van der Waals surface area contributed by atoms with Crippen LogP contribution in [0, 0.1) is 23.2 Å². The van der Waals surface area contributed by atoms with Crippen molar-refractivity contribution in [3.05, 3.63) is 42.7 Å². The first-order valence-electron chi connectivity index (χ1n) is 12.8. The minimum atomic E-state index is -3.58. The number of thioether (sulfide) groups is 1. The molecule has 38 heavy (non-hydrogen) atoms. The summed E-state index contributed by atoms with van der Waals surface area (Å²) in [6.45, 7) is 2.48. The number of carbonyl (C=O) groups is 2. The Morgan fingerprint density at radius 2 is 1.74 bits per heavy atom. The van der Waals surface area contributed by atoms with Crippen LogP contribution >= 0.6 is 11.8 Å². The van der Waals surface area contributed by atoms with E-state index >= 15 is 0 Å². The fourth-order valence-corrected chi connectivity index (χ4v) is 7.49. The molecule has 1 saturated heterocycles. The van der Waals surface area contributed by atoms with Gasteiger partial charge in [-0.1, -0.05) is 12.8 Å². The monoisotopic (exact) mass is 556 g/mol. The Bertz CT molecular complexity index is 1240. The number of hydrogen-bond donors (Lipinski definition) is 1. The summed E-state index contributed by atoms with van der Waals surface area (Å²) >= 11 is 1.38. The Balaban J connectivity index is 1.28. The number of amides is 2. The predicted molar refractivity (Wildman–Crippen MR) is 144 cm³/mol. The van der Waals surface area contributed by atoms with Gasteiger partial charge in [0.2, 0.25) is 17.8 Å². The maximum absolute atomic E-state index is 13.1. The molecule has 2 heterocycles. The molecule has 1 N–H and O–H groups in total. The molecule has 1 aliphatic heterocycles. The van der Waals surface area contributed by atoms with Gasteiger partial charge in [0.05, 0.1) is 22.5 Å². The van der Waals surface area contributed by atoms with Gasteiger partial charge in [-0.15, -0.1) is 11.8 Å². The Labute approximate surface area is 227 Å². The third kappa shape index (κ3) is 7.23. The largest absolute Gasteiger partial charge is 0.343 e. The normalized spacial score (nSPS) is 20.0. The van der Waals surface area contributed by atoms with Gasteiger partial charge in [-0.3, -0.25) is 9.59 Å². The maximum atomic E-state index is 13.1. The number of hydrogen-bond acceptors (Lipinski definition) is 9. The van der Waals surface area contributed by atoms with Crippen LogP contribution in [0.25, 0.3) is 0 Å². The summed E-state index contributed by atoms with van der Waals surface area (Å²) in [5, 5.41) is 11.3. The van der Waals surface area contributed by atoms with E-state index < -0.39 is 15.8 Å². The number of nitriles is 1. The molecule has 12 heteroatoms. The average Bonchev–Trinajstić information content (AvgIpc) is 2.95. The molecule has 0 bridgehead atoms. The van der Waals surface area contributed by atoms with Crippen LogP contribution in [0.5, 0.6) is 0 Å². The zero-order valence-electron chi connectivity index (χ0n) is 21.2. The van der Waals surface area contributed by atoms with Crippen LogP contribution in [0.15, 0.2) is 52.5 Å². The van der Waals surface area contributed by atoms with Crippen LogP contribution in [-0.2, 0) is 19.4 Å². The Morgan fingerprint density at radius 3 is 2.42 bits per heavy atom. The molecule has 1 aromatic heterocycles. The van der Waals surface area contributed by atoms with Crippen LogP contribution in [-0.4, -0.2) is 79.3 Å². The van der Waals surface area contributed by atoms with Gasteiger partial charge in [-0.2, -0.15) is 5.26 Å². The molecule has 2 atom stereocenters. The first kappa shape index (κ1) is 27.9. The second kappa shape index (κ2) is 13.1. The first-order chi connectivity index (χ1) is 18.4. The molecule has 202 valence electrons. The van der Waals surface area contributed by atoms with Gasteiger partial charge in [-0.25, -0.2) is 18.4 Å². The van der Waals surface area contributed by atoms with Crippen LogP contribution in [0.4, 0.5) is 5.95 Å². The van der Waals surface area contributed by atoms with Crippen molar-refractivity contribution in [3.8, 4) is 6.07 Å². The van der Waals surface area contributed by atoms with Crippen LogP contribution < -0.4 is 10.2 Å². The number of nitrogens with one attached hydrogen (secondary N) is 1. The van der Waals surface area contributed by atoms with Crippen molar-refractivity contribution in [2.45, 2.75) is 35.5 Å². The summed E-state index contributed by atoms with van der Waals surface area (Å²) in [6.07, 6.45) is 6.49. The summed E-state index contributed by atoms with van der Waals surface area (Å²) in [5.41, 5.74) is 0. The number of nitrogens with zero attached hydrogens (tertiary/aromatic N) is 5. The molecule has 2 aromatic rings. The van der Waals surface area contributed by atoms with Gasteiger partial charge in [0.15, 0.2) is 9.84 Å². The van der Waals surface area contributed by atoms with E-state index in [1.807, 2.05) is 11.0 Å². The van der Waals surface area contributed by atoms with Crippen molar-refractivity contribution in [2.75, 3.05) is 49.1 Å². The summed E-state index contributed by atoms with van der Waals surface area (Å²) in [5.74, 6) is -0.0119. The Hall–Kier alpha value is -3.17. The van der Waals surface area contributed by atoms with Gasteiger partial charge in [0, 0.05) is 49.4 Å². The summed E-state index contributed by atoms with van der Waals surface area (Å²) < 4.78 is 26.3. The lowest BCUT2D eigenvalue weighted by Gasteiger charge is -2.34. The summed E-state index contributed by atoms with van der Waals surface area (Å²) in [6, 6.07) is 10.3. The number of piperazine rings is 1. The second-order valence-electron chi connectivity index (χ2n) is 9.49. The van der Waals surface area contributed by atoms with Crippen molar-refractivity contribution < 1.29 is 18.0 Å². The molecule has 2 aliphatic rings. The molecular weight excluding hydrogens is 524 g/mol. The van der Waals surface area contributed by atoms with E-state index in [2.05, 4.69) is 20.2 Å². The standard InChI is InChI=1S/C26H32N6O4S2/c27-10-13-28-25(34)23-5-2-1-4-20(23)19-38(35,36)22-8-6-21(7-9-22)37-18-24(33)31-14-16-32(17-15-31)26-29-11-3-12-30-26/h3,6-9,11-12,20,23H,1-2,4-5,13-19H2,(H,28,34)/t20-,23+/m1/s1. The van der Waals surface area contributed by atoms with Crippen molar-refractivity contribution in [2.24, 2.45) is 11.8 Å². The van der Waals surface area contributed by atoms with E-state index in [9.17, 15) is 18.0 Å². The zero-order chi connectivity index (χ0) is 27.0. The van der Waals surface area contributed by atoms with Gasteiger partial charge in [-0.05, 0) is 49.1 Å². The number of aromatic nitrogens is 2. The number of rotatable bonds is 9. The third-order valence-corrected chi connectivity index (χ3v) is 9.89. The first-order valence-corrected chi connectivity index (χ1v) is 15.4. The fourth-order valence-electron chi connectivity index (χ4n) is 4.98. The number of sulfone groups is 1. The highest BCUT2D eigenvalue weighted by Crippen LogP contribution is 2.33. The smallest absolute Gasteiger partial charge is 0.233 e. The molecular formula is C26H32N6O4S2. The van der Waals surface area contributed by atoms with E-state index in [1.165, 1.54) is 11.8 Å². The van der Waals surface area contributed by atoms with E-state index in [-0.39, 0.29) is 40.7 Å². The van der Waals surface area contributed by atoms with Crippen molar-refractivity contribution >= 4 is 39.4 Å². The molecule has 0 spiro atoms. The summed E-state index contributed by atoms with van der Waals surface area (Å²) in [7, 11) is -3.58. The van der Waals surface area contributed by atoms with Gasteiger partial charge < -0.3 is 15.1 Å². The van der Waals surface area contributed by atoms with E-state index in [1.54, 1.807) is 42.7 Å². The van der Waals surface area contributed by atoms with Crippen LogP contribution in [0.3, 0.4) is 0 Å². The van der Waals surface area contributed by atoms with Crippen LogP contribution in [0.1, 0.15) is 25.7 Å². The molecule has 1 aliphatic carbocycles. The molecule has 2 amide bonds. The number of carbonyl (C=O) groups excluding carboxylic acids is 2. The van der Waals surface area contributed by atoms with Crippen molar-refractivity contribution in [1.82, 2.24) is 20.2 Å². The quantitative estimate of drug-likeness (QED) is 0.364. The Kier molecular flexibility index (Phi) is 9.58. The van der Waals surface area contributed by atoms with Crippen LogP contribution in [0.2, 0.25) is 0 Å². The average molecular weight is 557 g/mol. The topological polar surface area (TPSA) is 136 Å². The highest BCUT2D eigenvalue weighted by Gasteiger charge is 2.34. The van der Waals surface area contributed by atoms with Gasteiger partial charge in [0.25, 0.3) is 0 Å². The van der Waals surface area contributed by atoms with Gasteiger partial charge in [0.1, 0.15) is 6.54 Å². The molecule has 10 nitrogen and oxygen atoms in total. The SMILES string of the molecule is N#CCNC(=O)[C@H]1CCCC[C@@H]1CS(=O)(=O)c1ccc(SCC(=O)N2CCN(c3ncccn3)CC2)cc1. The van der Waals surface area contributed by atoms with Gasteiger partial charge >= 0.3 is 0 Å².